The van der Waals surface area contributed by atoms with Crippen LogP contribution in [0.3, 0.4) is 0 Å². The number of benzene rings is 1. The minimum absolute atomic E-state index is 0.161. The van der Waals surface area contributed by atoms with Crippen molar-refractivity contribution in [2.45, 2.75) is 17.2 Å². The number of hydrogen-bond donors (Lipinski definition) is 3. The highest BCUT2D eigenvalue weighted by atomic mass is 32.2. The number of carbonyl (C=O) groups is 2. The maximum absolute atomic E-state index is 12.2. The number of aliphatic hydroxyl groups is 1. The summed E-state index contributed by atoms with van der Waals surface area (Å²) in [6, 6.07) is 12.3. The fraction of sp³-hybridized carbons (Fsp3) is 0.188. The van der Waals surface area contributed by atoms with Crippen molar-refractivity contribution in [3.05, 3.63) is 48.7 Å². The number of nitrogens with one attached hydrogen (secondary N) is 2. The van der Waals surface area contributed by atoms with E-state index in [9.17, 15) is 9.59 Å². The van der Waals surface area contributed by atoms with Gasteiger partial charge >= 0.3 is 0 Å². The number of anilines is 2. The third-order valence-electron chi connectivity index (χ3n) is 2.86. The molecule has 7 heteroatoms. The number of amides is 2. The molecule has 0 saturated carbocycles. The quantitative estimate of drug-likeness (QED) is 0.705. The number of pyridine rings is 1. The van der Waals surface area contributed by atoms with Crippen molar-refractivity contribution in [1.29, 1.82) is 0 Å². The lowest BCUT2D eigenvalue weighted by Crippen LogP contribution is -2.22. The first-order valence-corrected chi connectivity index (χ1v) is 7.86. The summed E-state index contributed by atoms with van der Waals surface area (Å²) in [6.45, 7) is 1.21. The fourth-order valence-electron chi connectivity index (χ4n) is 1.77. The molecule has 0 radical (unpaired) electrons. The van der Waals surface area contributed by atoms with Crippen LogP contribution in [-0.4, -0.2) is 33.8 Å². The Hall–Kier alpha value is -2.38. The highest BCUT2D eigenvalue weighted by molar-refractivity contribution is 8.00. The zero-order chi connectivity index (χ0) is 16.7. The number of carbonyl (C=O) groups excluding carboxylic acids is 2. The monoisotopic (exact) mass is 331 g/mol. The van der Waals surface area contributed by atoms with Gasteiger partial charge in [0, 0.05) is 17.6 Å². The van der Waals surface area contributed by atoms with E-state index in [4.69, 9.17) is 5.11 Å². The van der Waals surface area contributed by atoms with E-state index in [2.05, 4.69) is 15.6 Å². The van der Waals surface area contributed by atoms with Crippen LogP contribution in [0, 0.1) is 0 Å². The summed E-state index contributed by atoms with van der Waals surface area (Å²) >= 11 is 1.36. The normalized spacial score (nSPS) is 11.6. The molecule has 3 N–H and O–H groups in total. The minimum Gasteiger partial charge on any atom is -0.387 e. The highest BCUT2D eigenvalue weighted by Gasteiger charge is 2.15. The van der Waals surface area contributed by atoms with Gasteiger partial charge in [-0.2, -0.15) is 0 Å². The second-order valence-corrected chi connectivity index (χ2v) is 6.07. The molecule has 0 fully saturated rings. The second kappa shape index (κ2) is 8.30. The van der Waals surface area contributed by atoms with Crippen molar-refractivity contribution in [3.63, 3.8) is 0 Å². The Bertz CT molecular complexity index is 679. The number of hydrogen-bond acceptors (Lipinski definition) is 5. The molecule has 0 spiro atoms. The van der Waals surface area contributed by atoms with Crippen molar-refractivity contribution >= 4 is 35.0 Å². The van der Waals surface area contributed by atoms with E-state index in [0.717, 1.165) is 5.03 Å². The molecule has 120 valence electrons. The predicted octanol–water partition coefficient (Wildman–Crippen LogP) is 2.13. The van der Waals surface area contributed by atoms with Crippen LogP contribution in [0.15, 0.2) is 53.7 Å². The van der Waals surface area contributed by atoms with E-state index in [-0.39, 0.29) is 11.2 Å². The molecule has 0 aliphatic heterocycles. The Balaban J connectivity index is 1.96. The van der Waals surface area contributed by atoms with Gasteiger partial charge in [0.2, 0.25) is 11.8 Å². The maximum atomic E-state index is 12.2. The lowest BCUT2D eigenvalue weighted by Gasteiger charge is -2.12. The number of nitrogens with zero attached hydrogens (tertiary/aromatic N) is 1. The number of thioether (sulfide) groups is 1. The molecule has 0 saturated heterocycles. The van der Waals surface area contributed by atoms with Gasteiger partial charge < -0.3 is 15.7 Å². The standard InChI is InChI=1S/C16H17N3O3S/c1-11(23-15-7-2-3-8-17-15)16(22)19-13-6-4-5-12(9-13)18-14(21)10-20/h2-9,11,20H,10H2,1H3,(H,18,21)(H,19,22)/t11-/m0/s1. The average molecular weight is 331 g/mol. The van der Waals surface area contributed by atoms with Gasteiger partial charge in [0.05, 0.1) is 10.3 Å². The van der Waals surface area contributed by atoms with Gasteiger partial charge in [-0.05, 0) is 37.3 Å². The molecule has 2 rings (SSSR count). The van der Waals surface area contributed by atoms with Gasteiger partial charge in [-0.25, -0.2) is 4.98 Å². The Morgan fingerprint density at radius 3 is 2.57 bits per heavy atom. The van der Waals surface area contributed by atoms with Crippen LogP contribution in [-0.2, 0) is 9.59 Å². The van der Waals surface area contributed by atoms with Gasteiger partial charge in [0.15, 0.2) is 0 Å². The summed E-state index contributed by atoms with van der Waals surface area (Å²) in [6.07, 6.45) is 1.68. The summed E-state index contributed by atoms with van der Waals surface area (Å²) in [7, 11) is 0. The van der Waals surface area contributed by atoms with E-state index in [1.54, 1.807) is 37.4 Å². The molecule has 23 heavy (non-hydrogen) atoms. The predicted molar refractivity (Wildman–Crippen MR) is 90.3 cm³/mol. The third-order valence-corrected chi connectivity index (χ3v) is 3.91. The third kappa shape index (κ3) is 5.39. The molecule has 2 amide bonds. The molecule has 2 aromatic rings. The number of rotatable bonds is 6. The van der Waals surface area contributed by atoms with Crippen LogP contribution < -0.4 is 10.6 Å². The Labute approximate surface area is 138 Å². The first kappa shape index (κ1) is 17.0. The van der Waals surface area contributed by atoms with Gasteiger partial charge in [-0.1, -0.05) is 23.9 Å². The van der Waals surface area contributed by atoms with Gasteiger partial charge in [0.1, 0.15) is 6.61 Å². The van der Waals surface area contributed by atoms with E-state index >= 15 is 0 Å². The lowest BCUT2D eigenvalue weighted by molar-refractivity contribution is -0.118. The summed E-state index contributed by atoms with van der Waals surface area (Å²) in [5.74, 6) is -0.668. The molecule has 0 bridgehead atoms. The van der Waals surface area contributed by atoms with Crippen molar-refractivity contribution in [1.82, 2.24) is 4.98 Å². The summed E-state index contributed by atoms with van der Waals surface area (Å²) in [5, 5.41) is 14.5. The molecule has 1 atom stereocenters. The SMILES string of the molecule is C[C@H](Sc1ccccn1)C(=O)Nc1cccc(NC(=O)CO)c1. The van der Waals surface area contributed by atoms with Crippen molar-refractivity contribution in [2.75, 3.05) is 17.2 Å². The molecular weight excluding hydrogens is 314 g/mol. The molecule has 1 aromatic carbocycles. The van der Waals surface area contributed by atoms with Crippen LogP contribution in [0.25, 0.3) is 0 Å². The summed E-state index contributed by atoms with van der Waals surface area (Å²) in [5.41, 5.74) is 1.08. The molecule has 0 unspecified atom stereocenters. The van der Waals surface area contributed by atoms with Gasteiger partial charge in [0.25, 0.3) is 0 Å². The molecule has 0 aliphatic carbocycles. The summed E-state index contributed by atoms with van der Waals surface area (Å²) in [4.78, 5) is 27.6. The zero-order valence-corrected chi connectivity index (χ0v) is 13.3. The largest absolute Gasteiger partial charge is 0.387 e. The minimum atomic E-state index is -0.589. The zero-order valence-electron chi connectivity index (χ0n) is 12.5. The van der Waals surface area contributed by atoms with Crippen LogP contribution in [0.4, 0.5) is 11.4 Å². The summed E-state index contributed by atoms with van der Waals surface area (Å²) < 4.78 is 0. The van der Waals surface area contributed by atoms with Crippen LogP contribution in [0.1, 0.15) is 6.92 Å². The molecule has 6 nitrogen and oxygen atoms in total. The maximum Gasteiger partial charge on any atom is 0.250 e. The lowest BCUT2D eigenvalue weighted by atomic mass is 10.2. The van der Waals surface area contributed by atoms with Crippen molar-refractivity contribution in [2.24, 2.45) is 0 Å². The van der Waals surface area contributed by atoms with Crippen molar-refractivity contribution < 1.29 is 14.7 Å². The topological polar surface area (TPSA) is 91.3 Å². The Kier molecular flexibility index (Phi) is 6.13. The van der Waals surface area contributed by atoms with Crippen LogP contribution in [0.5, 0.6) is 0 Å². The van der Waals surface area contributed by atoms with Crippen LogP contribution in [0.2, 0.25) is 0 Å². The number of aromatic nitrogens is 1. The average Bonchev–Trinajstić information content (AvgIpc) is 2.56. The first-order chi connectivity index (χ1) is 11.1. The molecule has 0 aliphatic rings. The Morgan fingerprint density at radius 1 is 1.17 bits per heavy atom. The smallest absolute Gasteiger partial charge is 0.250 e. The number of aliphatic hydroxyl groups excluding tert-OH is 1. The van der Waals surface area contributed by atoms with Crippen molar-refractivity contribution in [3.8, 4) is 0 Å². The van der Waals surface area contributed by atoms with E-state index < -0.39 is 12.5 Å². The Morgan fingerprint density at radius 2 is 1.91 bits per heavy atom. The second-order valence-electron chi connectivity index (χ2n) is 4.70. The van der Waals surface area contributed by atoms with E-state index in [1.807, 2.05) is 18.2 Å². The molecular formula is C16H17N3O3S. The van der Waals surface area contributed by atoms with E-state index in [1.165, 1.54) is 11.8 Å². The first-order valence-electron chi connectivity index (χ1n) is 6.98. The van der Waals surface area contributed by atoms with Gasteiger partial charge in [-0.15, -0.1) is 0 Å². The molecule has 1 heterocycles. The molecule has 1 aromatic heterocycles. The highest BCUT2D eigenvalue weighted by Crippen LogP contribution is 2.22. The fourth-order valence-corrected chi connectivity index (χ4v) is 2.58. The van der Waals surface area contributed by atoms with Gasteiger partial charge in [-0.3, -0.25) is 9.59 Å². The van der Waals surface area contributed by atoms with E-state index in [0.29, 0.717) is 11.4 Å². The van der Waals surface area contributed by atoms with Crippen LogP contribution >= 0.6 is 11.8 Å².